The molecule has 0 saturated carbocycles. The lowest BCUT2D eigenvalue weighted by Gasteiger charge is -2.14. The normalized spacial score (nSPS) is 10.8. The van der Waals surface area contributed by atoms with Crippen LogP contribution in [0.4, 0.5) is 0 Å². The molecule has 0 bridgehead atoms. The first-order valence-electron chi connectivity index (χ1n) is 9.47. The van der Waals surface area contributed by atoms with Gasteiger partial charge in [0, 0.05) is 23.3 Å². The Kier molecular flexibility index (Phi) is 5.20. The van der Waals surface area contributed by atoms with E-state index in [-0.39, 0.29) is 17.9 Å². The topological polar surface area (TPSA) is 64.0 Å². The molecular weight excluding hydrogens is 362 g/mol. The maximum absolute atomic E-state index is 13.1. The van der Waals surface area contributed by atoms with Crippen molar-refractivity contribution in [1.82, 2.24) is 14.9 Å². The summed E-state index contributed by atoms with van der Waals surface area (Å²) in [6.45, 7) is 2.45. The second-order valence-electron chi connectivity index (χ2n) is 6.98. The number of carbonyl (C=O) groups is 1. The third-order valence-corrected chi connectivity index (χ3v) is 4.83. The highest BCUT2D eigenvalue weighted by atomic mass is 16.2. The van der Waals surface area contributed by atoms with Gasteiger partial charge in [-0.25, -0.2) is 0 Å². The molecule has 2 aromatic heterocycles. The van der Waals surface area contributed by atoms with E-state index in [0.717, 1.165) is 22.3 Å². The monoisotopic (exact) mass is 383 g/mol. The molecule has 0 fully saturated rings. The molecular formula is C24H21N3O2. The van der Waals surface area contributed by atoms with Crippen LogP contribution in [0.15, 0.2) is 83.9 Å². The molecule has 5 heteroatoms. The fraction of sp³-hybridized carbons (Fsp3) is 0.125. The number of rotatable bonds is 5. The van der Waals surface area contributed by atoms with Crippen LogP contribution in [0.5, 0.6) is 0 Å². The third kappa shape index (κ3) is 4.09. The van der Waals surface area contributed by atoms with E-state index in [2.05, 4.69) is 10.3 Å². The van der Waals surface area contributed by atoms with Crippen molar-refractivity contribution in [2.45, 2.75) is 20.0 Å². The highest BCUT2D eigenvalue weighted by molar-refractivity contribution is 5.86. The largest absolute Gasteiger partial charge is 0.349 e. The fourth-order valence-corrected chi connectivity index (χ4v) is 3.36. The molecule has 4 rings (SSSR count). The predicted molar refractivity (Wildman–Crippen MR) is 114 cm³/mol. The van der Waals surface area contributed by atoms with Gasteiger partial charge in [-0.15, -0.1) is 0 Å². The second kappa shape index (κ2) is 8.10. The molecule has 0 unspecified atom stereocenters. The molecule has 1 N–H and O–H groups in total. The van der Waals surface area contributed by atoms with Crippen molar-refractivity contribution < 1.29 is 4.79 Å². The quantitative estimate of drug-likeness (QED) is 0.572. The van der Waals surface area contributed by atoms with E-state index in [1.165, 1.54) is 0 Å². The van der Waals surface area contributed by atoms with Crippen LogP contribution in [0.3, 0.4) is 0 Å². The minimum Gasteiger partial charge on any atom is -0.349 e. The van der Waals surface area contributed by atoms with Crippen LogP contribution in [-0.4, -0.2) is 15.5 Å². The number of fused-ring (bicyclic) bond motifs is 1. The van der Waals surface area contributed by atoms with Gasteiger partial charge in [-0.2, -0.15) is 0 Å². The van der Waals surface area contributed by atoms with E-state index in [1.54, 1.807) is 12.4 Å². The lowest BCUT2D eigenvalue weighted by molar-refractivity contribution is -0.121. The molecule has 2 aromatic carbocycles. The fourth-order valence-electron chi connectivity index (χ4n) is 3.36. The number of hydrogen-bond donors (Lipinski definition) is 1. The SMILES string of the molecule is Cc1ccc2c(=O)c(-c3ccccc3)cn(CC(=O)NCc3ccccn3)c2c1. The van der Waals surface area contributed by atoms with E-state index in [4.69, 9.17) is 0 Å². The van der Waals surface area contributed by atoms with Crippen molar-refractivity contribution in [2.24, 2.45) is 0 Å². The number of benzene rings is 2. The number of pyridine rings is 2. The van der Waals surface area contributed by atoms with Gasteiger partial charge in [-0.1, -0.05) is 42.5 Å². The van der Waals surface area contributed by atoms with Crippen LogP contribution in [0.25, 0.3) is 22.0 Å². The minimum atomic E-state index is -0.138. The highest BCUT2D eigenvalue weighted by Gasteiger charge is 2.13. The Bertz CT molecular complexity index is 1220. The molecule has 0 spiro atoms. The van der Waals surface area contributed by atoms with E-state index >= 15 is 0 Å². The molecule has 5 nitrogen and oxygen atoms in total. The molecule has 0 aliphatic rings. The Morgan fingerprint density at radius 1 is 1.03 bits per heavy atom. The summed E-state index contributed by atoms with van der Waals surface area (Å²) in [6.07, 6.45) is 3.48. The maximum atomic E-state index is 13.1. The summed E-state index contributed by atoms with van der Waals surface area (Å²) in [5.74, 6) is -0.138. The molecule has 0 aliphatic carbocycles. The Labute approximate surface area is 168 Å². The number of nitrogens with zero attached hydrogens (tertiary/aromatic N) is 2. The van der Waals surface area contributed by atoms with E-state index < -0.39 is 0 Å². The molecule has 4 aromatic rings. The molecule has 0 saturated heterocycles. The van der Waals surface area contributed by atoms with Crippen molar-refractivity contribution in [3.63, 3.8) is 0 Å². The predicted octanol–water partition coefficient (Wildman–Crippen LogP) is 3.69. The zero-order valence-electron chi connectivity index (χ0n) is 16.1. The van der Waals surface area contributed by atoms with Crippen LogP contribution in [-0.2, 0) is 17.9 Å². The first-order valence-corrected chi connectivity index (χ1v) is 9.47. The van der Waals surface area contributed by atoms with Gasteiger partial charge in [-0.3, -0.25) is 14.6 Å². The van der Waals surface area contributed by atoms with Gasteiger partial charge in [0.25, 0.3) is 0 Å². The van der Waals surface area contributed by atoms with E-state index in [0.29, 0.717) is 17.5 Å². The smallest absolute Gasteiger partial charge is 0.240 e. The van der Waals surface area contributed by atoms with Gasteiger partial charge < -0.3 is 9.88 Å². The number of amides is 1. The van der Waals surface area contributed by atoms with Crippen LogP contribution >= 0.6 is 0 Å². The van der Waals surface area contributed by atoms with Gasteiger partial charge in [0.1, 0.15) is 6.54 Å². The summed E-state index contributed by atoms with van der Waals surface area (Å²) < 4.78 is 1.85. The van der Waals surface area contributed by atoms with Crippen LogP contribution in [0.1, 0.15) is 11.3 Å². The maximum Gasteiger partial charge on any atom is 0.240 e. The molecule has 144 valence electrons. The molecule has 0 radical (unpaired) electrons. The number of aromatic nitrogens is 2. The van der Waals surface area contributed by atoms with Crippen LogP contribution in [0.2, 0.25) is 0 Å². The zero-order chi connectivity index (χ0) is 20.2. The Morgan fingerprint density at radius 3 is 2.59 bits per heavy atom. The minimum absolute atomic E-state index is 0.0312. The first kappa shape index (κ1) is 18.6. The van der Waals surface area contributed by atoms with Crippen LogP contribution < -0.4 is 10.7 Å². The lowest BCUT2D eigenvalue weighted by atomic mass is 10.0. The highest BCUT2D eigenvalue weighted by Crippen LogP contribution is 2.20. The van der Waals surface area contributed by atoms with Gasteiger partial charge in [-0.05, 0) is 42.3 Å². The van der Waals surface area contributed by atoms with Crippen molar-refractivity contribution in [3.8, 4) is 11.1 Å². The van der Waals surface area contributed by atoms with Gasteiger partial charge in [0.2, 0.25) is 5.91 Å². The second-order valence-corrected chi connectivity index (χ2v) is 6.98. The number of aryl methyl sites for hydroxylation is 1. The molecule has 1 amide bonds. The third-order valence-electron chi connectivity index (χ3n) is 4.83. The summed E-state index contributed by atoms with van der Waals surface area (Å²) in [4.78, 5) is 29.9. The summed E-state index contributed by atoms with van der Waals surface area (Å²) in [5, 5.41) is 3.51. The molecule has 2 heterocycles. The van der Waals surface area contributed by atoms with E-state index in [9.17, 15) is 9.59 Å². The van der Waals surface area contributed by atoms with Crippen molar-refractivity contribution in [3.05, 3.63) is 101 Å². The van der Waals surface area contributed by atoms with Crippen molar-refractivity contribution in [1.29, 1.82) is 0 Å². The zero-order valence-corrected chi connectivity index (χ0v) is 16.1. The number of carbonyl (C=O) groups excluding carboxylic acids is 1. The number of hydrogen-bond acceptors (Lipinski definition) is 3. The van der Waals surface area contributed by atoms with Crippen molar-refractivity contribution in [2.75, 3.05) is 0 Å². The van der Waals surface area contributed by atoms with Gasteiger partial charge >= 0.3 is 0 Å². The summed E-state index contributed by atoms with van der Waals surface area (Å²) in [5.41, 5.74) is 3.97. The molecule has 0 atom stereocenters. The Hall–Kier alpha value is -3.73. The average molecular weight is 383 g/mol. The summed E-state index contributed by atoms with van der Waals surface area (Å²) in [6, 6.07) is 20.8. The Balaban J connectivity index is 1.70. The van der Waals surface area contributed by atoms with Crippen LogP contribution in [0, 0.1) is 6.92 Å². The van der Waals surface area contributed by atoms with Gasteiger partial charge in [0.15, 0.2) is 5.43 Å². The van der Waals surface area contributed by atoms with Crippen molar-refractivity contribution >= 4 is 16.8 Å². The summed E-state index contributed by atoms with van der Waals surface area (Å²) >= 11 is 0. The molecule has 0 aliphatic heterocycles. The first-order chi connectivity index (χ1) is 14.1. The lowest BCUT2D eigenvalue weighted by Crippen LogP contribution is -2.28. The Morgan fingerprint density at radius 2 is 1.83 bits per heavy atom. The number of nitrogens with one attached hydrogen (secondary N) is 1. The standard InChI is InChI=1S/C24H21N3O2/c1-17-10-11-20-22(13-17)27(15-21(24(20)29)18-7-3-2-4-8-18)16-23(28)26-14-19-9-5-6-12-25-19/h2-13,15H,14,16H2,1H3,(H,26,28). The average Bonchev–Trinajstić information content (AvgIpc) is 2.75. The summed E-state index contributed by atoms with van der Waals surface area (Å²) in [7, 11) is 0. The van der Waals surface area contributed by atoms with E-state index in [1.807, 2.05) is 78.2 Å². The van der Waals surface area contributed by atoms with Gasteiger partial charge in [0.05, 0.1) is 17.8 Å². The molecule has 29 heavy (non-hydrogen) atoms.